The Hall–Kier alpha value is -1.76. The van der Waals surface area contributed by atoms with Crippen molar-refractivity contribution in [2.75, 3.05) is 6.54 Å². The van der Waals surface area contributed by atoms with Gasteiger partial charge >= 0.3 is 0 Å². The third-order valence-electron chi connectivity index (χ3n) is 3.03. The standard InChI is InChI=1S/C17H14BrN3S2/c1-2-9-19-17-21(20-11-13-6-5-10-22-13)16(12-23-17)14-7-3-4-8-15(14)18/h2-8,10-12H,1,9H2. The number of thiophene rings is 1. The van der Waals surface area contributed by atoms with E-state index in [9.17, 15) is 0 Å². The Morgan fingerprint density at radius 3 is 2.78 bits per heavy atom. The van der Waals surface area contributed by atoms with E-state index >= 15 is 0 Å². The maximum atomic E-state index is 4.64. The average molecular weight is 404 g/mol. The van der Waals surface area contributed by atoms with E-state index in [0.717, 1.165) is 25.4 Å². The topological polar surface area (TPSA) is 29.6 Å². The minimum absolute atomic E-state index is 0.574. The number of rotatable bonds is 5. The lowest BCUT2D eigenvalue weighted by atomic mass is 10.2. The Labute approximate surface area is 151 Å². The molecular weight excluding hydrogens is 390 g/mol. The van der Waals surface area contributed by atoms with Gasteiger partial charge in [0.05, 0.1) is 18.5 Å². The van der Waals surface area contributed by atoms with Gasteiger partial charge in [0.15, 0.2) is 0 Å². The number of halogens is 1. The van der Waals surface area contributed by atoms with E-state index in [0.29, 0.717) is 6.54 Å². The van der Waals surface area contributed by atoms with Crippen LogP contribution in [0.25, 0.3) is 11.3 Å². The summed E-state index contributed by atoms with van der Waals surface area (Å²) in [5.74, 6) is 0. The molecular formula is C17H14BrN3S2. The van der Waals surface area contributed by atoms with Crippen LogP contribution in [0.15, 0.2) is 74.4 Å². The molecule has 0 bridgehead atoms. The molecule has 0 radical (unpaired) electrons. The summed E-state index contributed by atoms with van der Waals surface area (Å²) in [7, 11) is 0. The summed E-state index contributed by atoms with van der Waals surface area (Å²) in [6.45, 7) is 4.30. The third-order valence-corrected chi connectivity index (χ3v) is 5.39. The van der Waals surface area contributed by atoms with Crippen LogP contribution in [0.3, 0.4) is 0 Å². The molecule has 0 aliphatic heterocycles. The van der Waals surface area contributed by atoms with E-state index in [1.165, 1.54) is 0 Å². The van der Waals surface area contributed by atoms with Crippen LogP contribution in [-0.4, -0.2) is 17.4 Å². The van der Waals surface area contributed by atoms with Crippen LogP contribution in [0.4, 0.5) is 0 Å². The van der Waals surface area contributed by atoms with Crippen molar-refractivity contribution in [2.24, 2.45) is 10.1 Å². The molecule has 3 rings (SSSR count). The van der Waals surface area contributed by atoms with E-state index in [4.69, 9.17) is 0 Å². The zero-order valence-electron chi connectivity index (χ0n) is 12.2. The first-order valence-electron chi connectivity index (χ1n) is 6.94. The molecule has 0 saturated carbocycles. The van der Waals surface area contributed by atoms with Gasteiger partial charge in [-0.1, -0.05) is 46.3 Å². The van der Waals surface area contributed by atoms with Gasteiger partial charge in [0, 0.05) is 20.3 Å². The summed E-state index contributed by atoms with van der Waals surface area (Å²) >= 11 is 6.85. The van der Waals surface area contributed by atoms with E-state index in [1.807, 2.05) is 46.6 Å². The molecule has 2 aromatic heterocycles. The third kappa shape index (κ3) is 3.77. The van der Waals surface area contributed by atoms with Crippen molar-refractivity contribution >= 4 is 44.8 Å². The quantitative estimate of drug-likeness (QED) is 0.423. The van der Waals surface area contributed by atoms with Gasteiger partial charge in [0.25, 0.3) is 0 Å². The molecule has 1 aromatic carbocycles. The number of thiazole rings is 1. The highest BCUT2D eigenvalue weighted by Gasteiger charge is 2.10. The Bertz CT molecular complexity index is 889. The highest BCUT2D eigenvalue weighted by Crippen LogP contribution is 2.28. The minimum Gasteiger partial charge on any atom is -0.253 e. The van der Waals surface area contributed by atoms with Crippen LogP contribution in [0.5, 0.6) is 0 Å². The highest BCUT2D eigenvalue weighted by molar-refractivity contribution is 9.10. The molecule has 0 atom stereocenters. The summed E-state index contributed by atoms with van der Waals surface area (Å²) < 4.78 is 2.92. The number of hydrogen-bond acceptors (Lipinski definition) is 4. The van der Waals surface area contributed by atoms with Crippen molar-refractivity contribution in [1.82, 2.24) is 4.68 Å². The first kappa shape index (κ1) is 16.1. The van der Waals surface area contributed by atoms with Gasteiger partial charge in [-0.25, -0.2) is 4.68 Å². The van der Waals surface area contributed by atoms with Gasteiger partial charge in [-0.3, -0.25) is 4.99 Å². The zero-order valence-corrected chi connectivity index (χ0v) is 15.4. The smallest absolute Gasteiger partial charge is 0.206 e. The largest absolute Gasteiger partial charge is 0.253 e. The monoisotopic (exact) mass is 403 g/mol. The normalized spacial score (nSPS) is 12.1. The van der Waals surface area contributed by atoms with Crippen molar-refractivity contribution in [2.45, 2.75) is 0 Å². The van der Waals surface area contributed by atoms with Crippen molar-refractivity contribution in [1.29, 1.82) is 0 Å². The second-order valence-corrected chi connectivity index (χ2v) is 7.25. The van der Waals surface area contributed by atoms with Crippen molar-refractivity contribution in [3.8, 4) is 11.3 Å². The van der Waals surface area contributed by atoms with Gasteiger partial charge in [-0.15, -0.1) is 29.3 Å². The molecule has 0 N–H and O–H groups in total. The summed E-state index contributed by atoms with van der Waals surface area (Å²) in [6.07, 6.45) is 3.65. The number of nitrogens with zero attached hydrogens (tertiary/aromatic N) is 3. The van der Waals surface area contributed by atoms with Crippen molar-refractivity contribution < 1.29 is 0 Å². The highest BCUT2D eigenvalue weighted by atomic mass is 79.9. The Morgan fingerprint density at radius 1 is 1.17 bits per heavy atom. The van der Waals surface area contributed by atoms with Crippen LogP contribution in [0.2, 0.25) is 0 Å². The van der Waals surface area contributed by atoms with Gasteiger partial charge < -0.3 is 0 Å². The second kappa shape index (κ2) is 7.68. The SMILES string of the molecule is C=CCN=c1scc(-c2ccccc2Br)n1N=Cc1cccs1. The van der Waals surface area contributed by atoms with Crippen LogP contribution in [0, 0.1) is 0 Å². The predicted molar refractivity (Wildman–Crippen MR) is 103 cm³/mol. The molecule has 23 heavy (non-hydrogen) atoms. The van der Waals surface area contributed by atoms with Crippen molar-refractivity contribution in [3.63, 3.8) is 0 Å². The minimum atomic E-state index is 0.574. The van der Waals surface area contributed by atoms with Gasteiger partial charge in [-0.2, -0.15) is 5.10 Å². The summed E-state index contributed by atoms with van der Waals surface area (Å²) in [6, 6.07) is 12.2. The van der Waals surface area contributed by atoms with Crippen LogP contribution in [0.1, 0.15) is 4.88 Å². The van der Waals surface area contributed by atoms with Gasteiger partial charge in [0.2, 0.25) is 4.80 Å². The molecule has 3 nitrogen and oxygen atoms in total. The summed E-state index contributed by atoms with van der Waals surface area (Å²) in [5.41, 5.74) is 2.10. The molecule has 2 heterocycles. The average Bonchev–Trinajstić information content (AvgIpc) is 3.21. The maximum Gasteiger partial charge on any atom is 0.206 e. The van der Waals surface area contributed by atoms with Gasteiger partial charge in [0.1, 0.15) is 0 Å². The predicted octanol–water partition coefficient (Wildman–Crippen LogP) is 5.01. The molecule has 0 amide bonds. The lowest BCUT2D eigenvalue weighted by Crippen LogP contribution is -2.12. The first-order chi connectivity index (χ1) is 11.3. The van der Waals surface area contributed by atoms with Gasteiger partial charge in [-0.05, 0) is 17.5 Å². The van der Waals surface area contributed by atoms with Crippen molar-refractivity contribution in [3.05, 3.63) is 74.0 Å². The number of aromatic nitrogens is 1. The maximum absolute atomic E-state index is 4.64. The second-order valence-electron chi connectivity index (χ2n) is 4.58. The molecule has 0 spiro atoms. The Kier molecular flexibility index (Phi) is 5.38. The molecule has 0 unspecified atom stereocenters. The fourth-order valence-electron chi connectivity index (χ4n) is 2.00. The first-order valence-corrected chi connectivity index (χ1v) is 9.49. The molecule has 6 heteroatoms. The Morgan fingerprint density at radius 2 is 2.04 bits per heavy atom. The lowest BCUT2D eigenvalue weighted by molar-refractivity contribution is 0.840. The van der Waals surface area contributed by atoms with Crippen LogP contribution < -0.4 is 4.80 Å². The molecule has 3 aromatic rings. The van der Waals surface area contributed by atoms with E-state index in [2.05, 4.69) is 44.0 Å². The fourth-order valence-corrected chi connectivity index (χ4v) is 3.90. The molecule has 116 valence electrons. The van der Waals surface area contributed by atoms with Crippen LogP contribution in [-0.2, 0) is 0 Å². The zero-order chi connectivity index (χ0) is 16.1. The molecule has 0 aliphatic carbocycles. The molecule has 0 fully saturated rings. The van der Waals surface area contributed by atoms with E-state index in [1.54, 1.807) is 28.7 Å². The Balaban J connectivity index is 2.12. The molecule has 0 aliphatic rings. The summed E-state index contributed by atoms with van der Waals surface area (Å²) in [4.78, 5) is 6.50. The molecule has 0 saturated heterocycles. The number of hydrogen-bond donors (Lipinski definition) is 0. The van der Waals surface area contributed by atoms with E-state index < -0.39 is 0 Å². The lowest BCUT2D eigenvalue weighted by Gasteiger charge is -2.05. The fraction of sp³-hybridized carbons (Fsp3) is 0.0588. The van der Waals surface area contributed by atoms with Crippen LogP contribution >= 0.6 is 38.6 Å². The van der Waals surface area contributed by atoms with E-state index in [-0.39, 0.29) is 0 Å². The number of benzene rings is 1. The summed E-state index contributed by atoms with van der Waals surface area (Å²) in [5, 5.41) is 8.76.